The number of carbonyl (C=O) groups is 1. The Morgan fingerprint density at radius 2 is 1.76 bits per heavy atom. The van der Waals surface area contributed by atoms with Gasteiger partial charge in [-0.25, -0.2) is 0 Å². The van der Waals surface area contributed by atoms with E-state index in [0.29, 0.717) is 6.04 Å². The van der Waals surface area contributed by atoms with Crippen molar-refractivity contribution in [3.05, 3.63) is 48.0 Å². The summed E-state index contributed by atoms with van der Waals surface area (Å²) in [6.07, 6.45) is 5.82. The molecule has 110 valence electrons. The molecular weight excluding hydrogens is 262 g/mol. The van der Waals surface area contributed by atoms with Crippen molar-refractivity contribution in [1.82, 2.24) is 5.32 Å². The van der Waals surface area contributed by atoms with Crippen molar-refractivity contribution in [3.63, 3.8) is 0 Å². The molecule has 2 aromatic rings. The number of carboxylic acid groups (broad SMARTS) is 1. The van der Waals surface area contributed by atoms with Gasteiger partial charge in [0.15, 0.2) is 0 Å². The maximum Gasteiger partial charge on any atom is 0.325 e. The maximum absolute atomic E-state index is 11.6. The molecule has 0 aromatic heterocycles. The summed E-state index contributed by atoms with van der Waals surface area (Å²) in [6.45, 7) is 0. The lowest BCUT2D eigenvalue weighted by atomic mass is 9.93. The van der Waals surface area contributed by atoms with E-state index in [0.717, 1.165) is 29.2 Å². The van der Waals surface area contributed by atoms with E-state index in [1.165, 1.54) is 19.3 Å². The third kappa shape index (κ3) is 3.24. The molecule has 2 aromatic carbocycles. The predicted molar refractivity (Wildman–Crippen MR) is 84.3 cm³/mol. The normalized spacial score (nSPS) is 17.7. The van der Waals surface area contributed by atoms with Gasteiger partial charge in [-0.2, -0.15) is 0 Å². The average molecular weight is 283 g/mol. The minimum atomic E-state index is -0.796. The molecule has 3 rings (SSSR count). The van der Waals surface area contributed by atoms with Gasteiger partial charge >= 0.3 is 5.97 Å². The van der Waals surface area contributed by atoms with Gasteiger partial charge in [0.2, 0.25) is 0 Å². The SMILES string of the molecule is O=C(O)C(NC1CCCCC1)c1ccc2ccccc2c1. The van der Waals surface area contributed by atoms with Crippen molar-refractivity contribution in [2.75, 3.05) is 0 Å². The molecule has 0 amide bonds. The van der Waals surface area contributed by atoms with Crippen molar-refractivity contribution < 1.29 is 9.90 Å². The zero-order valence-corrected chi connectivity index (χ0v) is 12.1. The van der Waals surface area contributed by atoms with Crippen LogP contribution >= 0.6 is 0 Å². The zero-order chi connectivity index (χ0) is 14.7. The second kappa shape index (κ2) is 6.27. The van der Waals surface area contributed by atoms with E-state index in [4.69, 9.17) is 0 Å². The first-order chi connectivity index (χ1) is 10.2. The zero-order valence-electron chi connectivity index (χ0n) is 12.1. The van der Waals surface area contributed by atoms with Crippen LogP contribution in [0.25, 0.3) is 10.8 Å². The van der Waals surface area contributed by atoms with Crippen LogP contribution in [0.15, 0.2) is 42.5 Å². The van der Waals surface area contributed by atoms with Crippen LogP contribution in [0.4, 0.5) is 0 Å². The molecule has 1 atom stereocenters. The Morgan fingerprint density at radius 1 is 1.05 bits per heavy atom. The van der Waals surface area contributed by atoms with E-state index >= 15 is 0 Å². The largest absolute Gasteiger partial charge is 0.480 e. The smallest absolute Gasteiger partial charge is 0.325 e. The third-order valence-electron chi connectivity index (χ3n) is 4.36. The lowest BCUT2D eigenvalue weighted by molar-refractivity contribution is -0.140. The van der Waals surface area contributed by atoms with Crippen LogP contribution in [-0.4, -0.2) is 17.1 Å². The molecule has 1 saturated carbocycles. The molecule has 1 aliphatic rings. The summed E-state index contributed by atoms with van der Waals surface area (Å²) in [5.74, 6) is -0.796. The molecule has 2 N–H and O–H groups in total. The number of hydrogen-bond acceptors (Lipinski definition) is 2. The maximum atomic E-state index is 11.6. The van der Waals surface area contributed by atoms with Gasteiger partial charge in [-0.3, -0.25) is 10.1 Å². The van der Waals surface area contributed by atoms with Crippen molar-refractivity contribution in [2.24, 2.45) is 0 Å². The third-order valence-corrected chi connectivity index (χ3v) is 4.36. The molecule has 1 fully saturated rings. The van der Waals surface area contributed by atoms with Crippen LogP contribution in [0.5, 0.6) is 0 Å². The summed E-state index contributed by atoms with van der Waals surface area (Å²) in [7, 11) is 0. The van der Waals surface area contributed by atoms with Gasteiger partial charge in [-0.1, -0.05) is 55.7 Å². The number of benzene rings is 2. The number of hydrogen-bond donors (Lipinski definition) is 2. The molecule has 1 aliphatic carbocycles. The Balaban J connectivity index is 1.85. The predicted octanol–water partition coefficient (Wildman–Crippen LogP) is 3.89. The van der Waals surface area contributed by atoms with E-state index in [1.807, 2.05) is 42.5 Å². The lowest BCUT2D eigenvalue weighted by Gasteiger charge is -2.26. The standard InChI is InChI=1S/C18H21NO2/c20-18(21)17(19-16-8-2-1-3-9-16)15-11-10-13-6-4-5-7-14(13)12-15/h4-7,10-12,16-17,19H,1-3,8-9H2,(H,20,21). The highest BCUT2D eigenvalue weighted by Gasteiger charge is 2.24. The Morgan fingerprint density at radius 3 is 2.48 bits per heavy atom. The molecule has 21 heavy (non-hydrogen) atoms. The van der Waals surface area contributed by atoms with Crippen LogP contribution in [-0.2, 0) is 4.79 Å². The second-order valence-electron chi connectivity index (χ2n) is 5.88. The summed E-state index contributed by atoms with van der Waals surface area (Å²) >= 11 is 0. The summed E-state index contributed by atoms with van der Waals surface area (Å²) in [4.78, 5) is 11.6. The van der Waals surface area contributed by atoms with Gasteiger partial charge < -0.3 is 5.11 Å². The van der Waals surface area contributed by atoms with Crippen LogP contribution in [0.3, 0.4) is 0 Å². The minimum absolute atomic E-state index is 0.325. The first kappa shape index (κ1) is 14.1. The fourth-order valence-electron chi connectivity index (χ4n) is 3.20. The molecule has 0 aliphatic heterocycles. The van der Waals surface area contributed by atoms with Crippen molar-refractivity contribution in [1.29, 1.82) is 0 Å². The van der Waals surface area contributed by atoms with E-state index in [-0.39, 0.29) is 0 Å². The highest BCUT2D eigenvalue weighted by Crippen LogP contribution is 2.24. The highest BCUT2D eigenvalue weighted by atomic mass is 16.4. The van der Waals surface area contributed by atoms with E-state index in [9.17, 15) is 9.90 Å². The van der Waals surface area contributed by atoms with Gasteiger partial charge in [0.25, 0.3) is 0 Å². The number of fused-ring (bicyclic) bond motifs is 1. The first-order valence-electron chi connectivity index (χ1n) is 7.71. The number of rotatable bonds is 4. The monoisotopic (exact) mass is 283 g/mol. The van der Waals surface area contributed by atoms with Crippen LogP contribution in [0.2, 0.25) is 0 Å². The van der Waals surface area contributed by atoms with Crippen LogP contribution in [0.1, 0.15) is 43.7 Å². The van der Waals surface area contributed by atoms with Crippen molar-refractivity contribution in [2.45, 2.75) is 44.2 Å². The summed E-state index contributed by atoms with van der Waals surface area (Å²) in [5.41, 5.74) is 0.840. The highest BCUT2D eigenvalue weighted by molar-refractivity contribution is 5.85. The van der Waals surface area contributed by atoms with Gasteiger partial charge in [0.1, 0.15) is 6.04 Å². The van der Waals surface area contributed by atoms with Gasteiger partial charge in [0.05, 0.1) is 0 Å². The fraction of sp³-hybridized carbons (Fsp3) is 0.389. The van der Waals surface area contributed by atoms with Gasteiger partial charge in [-0.05, 0) is 35.2 Å². The quantitative estimate of drug-likeness (QED) is 0.895. The van der Waals surface area contributed by atoms with E-state index in [1.54, 1.807) is 0 Å². The van der Waals surface area contributed by atoms with Crippen LogP contribution < -0.4 is 5.32 Å². The molecule has 1 unspecified atom stereocenters. The second-order valence-corrected chi connectivity index (χ2v) is 5.88. The molecular formula is C18H21NO2. The Kier molecular flexibility index (Phi) is 4.20. The molecule has 0 spiro atoms. The molecule has 0 heterocycles. The summed E-state index contributed by atoms with van der Waals surface area (Å²) in [5, 5.41) is 15.1. The van der Waals surface area contributed by atoms with Gasteiger partial charge in [0, 0.05) is 6.04 Å². The number of aliphatic carboxylic acids is 1. The molecule has 0 radical (unpaired) electrons. The number of carboxylic acids is 1. The van der Waals surface area contributed by atoms with Crippen molar-refractivity contribution in [3.8, 4) is 0 Å². The molecule has 3 nitrogen and oxygen atoms in total. The Labute approximate surface area is 125 Å². The van der Waals surface area contributed by atoms with E-state index < -0.39 is 12.0 Å². The van der Waals surface area contributed by atoms with Crippen molar-refractivity contribution >= 4 is 16.7 Å². The Hall–Kier alpha value is -1.87. The molecule has 3 heteroatoms. The lowest BCUT2D eigenvalue weighted by Crippen LogP contribution is -2.38. The Bertz CT molecular complexity index is 632. The fourth-order valence-corrected chi connectivity index (χ4v) is 3.20. The molecule has 0 bridgehead atoms. The van der Waals surface area contributed by atoms with Gasteiger partial charge in [-0.15, -0.1) is 0 Å². The first-order valence-corrected chi connectivity index (χ1v) is 7.71. The number of nitrogens with one attached hydrogen (secondary N) is 1. The topological polar surface area (TPSA) is 49.3 Å². The summed E-state index contributed by atoms with van der Waals surface area (Å²) in [6, 6.07) is 13.7. The molecule has 0 saturated heterocycles. The minimum Gasteiger partial charge on any atom is -0.480 e. The van der Waals surface area contributed by atoms with Crippen LogP contribution in [0, 0.1) is 0 Å². The summed E-state index contributed by atoms with van der Waals surface area (Å²) < 4.78 is 0. The van der Waals surface area contributed by atoms with E-state index in [2.05, 4.69) is 5.32 Å². The average Bonchev–Trinajstić information content (AvgIpc) is 2.53.